The molecule has 0 spiro atoms. The van der Waals surface area contributed by atoms with Crippen LogP contribution in [0.3, 0.4) is 0 Å². The summed E-state index contributed by atoms with van der Waals surface area (Å²) >= 11 is 7.43. The molecule has 3 aromatic rings. The highest BCUT2D eigenvalue weighted by atomic mass is 35.5. The summed E-state index contributed by atoms with van der Waals surface area (Å²) in [7, 11) is 0. The van der Waals surface area contributed by atoms with E-state index in [1.54, 1.807) is 0 Å². The van der Waals surface area contributed by atoms with Gasteiger partial charge in [0, 0.05) is 23.1 Å². The van der Waals surface area contributed by atoms with Crippen molar-refractivity contribution in [3.05, 3.63) is 57.8 Å². The maximum atomic E-state index is 12.3. The Morgan fingerprint density at radius 1 is 1.50 bits per heavy atom. The molecule has 0 radical (unpaired) electrons. The number of hydrogen-bond donors (Lipinski definition) is 1. The van der Waals surface area contributed by atoms with Gasteiger partial charge in [0.05, 0.1) is 5.69 Å². The highest BCUT2D eigenvalue weighted by molar-refractivity contribution is 7.15. The van der Waals surface area contributed by atoms with Crippen LogP contribution in [-0.4, -0.2) is 15.3 Å². The van der Waals surface area contributed by atoms with E-state index in [-0.39, 0.29) is 5.91 Å². The van der Waals surface area contributed by atoms with Crippen LogP contribution >= 0.6 is 22.9 Å². The lowest BCUT2D eigenvalue weighted by atomic mass is 10.2. The van der Waals surface area contributed by atoms with Gasteiger partial charge in [0.15, 0.2) is 4.96 Å². The summed E-state index contributed by atoms with van der Waals surface area (Å²) in [6.45, 7) is 2.28. The lowest BCUT2D eigenvalue weighted by Gasteiger charge is -2.05. The van der Waals surface area contributed by atoms with E-state index in [0.29, 0.717) is 17.3 Å². The molecule has 0 fully saturated rings. The van der Waals surface area contributed by atoms with Gasteiger partial charge >= 0.3 is 0 Å². The molecule has 0 aliphatic heterocycles. The molecule has 3 rings (SSSR count). The first-order chi connectivity index (χ1) is 9.65. The van der Waals surface area contributed by atoms with Crippen molar-refractivity contribution < 1.29 is 4.79 Å². The number of hydrogen-bond acceptors (Lipinski definition) is 3. The lowest BCUT2D eigenvalue weighted by molar-refractivity contribution is 0.0944. The van der Waals surface area contributed by atoms with Gasteiger partial charge in [-0.05, 0) is 24.6 Å². The fraction of sp³-hybridized carbons (Fsp3) is 0.143. The Bertz CT molecular complexity index is 778. The van der Waals surface area contributed by atoms with Gasteiger partial charge in [-0.15, -0.1) is 11.3 Å². The summed E-state index contributed by atoms with van der Waals surface area (Å²) in [6, 6.07) is 7.44. The fourth-order valence-corrected chi connectivity index (χ4v) is 3.05. The summed E-state index contributed by atoms with van der Waals surface area (Å²) in [6.07, 6.45) is 1.86. The molecular formula is C14H12ClN3OS. The molecule has 2 aromatic heterocycles. The molecule has 0 aliphatic carbocycles. The van der Waals surface area contributed by atoms with Crippen molar-refractivity contribution in [3.8, 4) is 0 Å². The number of aryl methyl sites for hydroxylation is 1. The number of aromatic nitrogens is 2. The van der Waals surface area contributed by atoms with Crippen LogP contribution < -0.4 is 5.32 Å². The predicted molar refractivity (Wildman–Crippen MR) is 80.4 cm³/mol. The van der Waals surface area contributed by atoms with E-state index < -0.39 is 0 Å². The second-order valence-electron chi connectivity index (χ2n) is 4.41. The van der Waals surface area contributed by atoms with Crippen LogP contribution in [0.2, 0.25) is 5.02 Å². The molecule has 0 atom stereocenters. The molecule has 4 nitrogen and oxygen atoms in total. The third-order valence-electron chi connectivity index (χ3n) is 2.99. The molecule has 20 heavy (non-hydrogen) atoms. The zero-order valence-corrected chi connectivity index (χ0v) is 12.3. The molecule has 2 heterocycles. The van der Waals surface area contributed by atoms with E-state index in [2.05, 4.69) is 10.3 Å². The zero-order chi connectivity index (χ0) is 14.1. The van der Waals surface area contributed by atoms with Crippen molar-refractivity contribution in [3.63, 3.8) is 0 Å². The predicted octanol–water partition coefficient (Wildman–Crippen LogP) is 3.29. The van der Waals surface area contributed by atoms with Gasteiger partial charge < -0.3 is 5.32 Å². The summed E-state index contributed by atoms with van der Waals surface area (Å²) in [4.78, 5) is 17.5. The van der Waals surface area contributed by atoms with Crippen LogP contribution in [0.4, 0.5) is 0 Å². The third-order valence-corrected chi connectivity index (χ3v) is 3.99. The Labute approximate surface area is 125 Å². The number of imidazole rings is 1. The molecule has 1 aromatic carbocycles. The van der Waals surface area contributed by atoms with Gasteiger partial charge in [-0.2, -0.15) is 0 Å². The molecular weight excluding hydrogens is 294 g/mol. The lowest BCUT2D eigenvalue weighted by Crippen LogP contribution is -2.24. The van der Waals surface area contributed by atoms with Crippen LogP contribution in [0.25, 0.3) is 4.96 Å². The highest BCUT2D eigenvalue weighted by Gasteiger charge is 2.16. The normalized spacial score (nSPS) is 10.9. The van der Waals surface area contributed by atoms with Gasteiger partial charge in [-0.25, -0.2) is 4.98 Å². The van der Waals surface area contributed by atoms with Gasteiger partial charge in [-0.1, -0.05) is 23.7 Å². The van der Waals surface area contributed by atoms with Crippen LogP contribution in [-0.2, 0) is 6.54 Å². The topological polar surface area (TPSA) is 46.4 Å². The van der Waals surface area contributed by atoms with E-state index in [1.165, 1.54) is 11.3 Å². The number of nitrogens with zero attached hydrogens (tertiary/aromatic N) is 2. The smallest absolute Gasteiger partial charge is 0.270 e. The van der Waals surface area contributed by atoms with Gasteiger partial charge in [-0.3, -0.25) is 9.20 Å². The van der Waals surface area contributed by atoms with Gasteiger partial charge in [0.1, 0.15) is 5.69 Å². The Morgan fingerprint density at radius 3 is 3.15 bits per heavy atom. The van der Waals surface area contributed by atoms with Crippen molar-refractivity contribution in [2.45, 2.75) is 13.5 Å². The van der Waals surface area contributed by atoms with Gasteiger partial charge in [0.2, 0.25) is 0 Å². The van der Waals surface area contributed by atoms with Crippen molar-refractivity contribution in [1.29, 1.82) is 0 Å². The second-order valence-corrected chi connectivity index (χ2v) is 5.72. The second kappa shape index (κ2) is 5.26. The summed E-state index contributed by atoms with van der Waals surface area (Å²) < 4.78 is 1.81. The largest absolute Gasteiger partial charge is 0.347 e. The van der Waals surface area contributed by atoms with E-state index in [0.717, 1.165) is 16.2 Å². The van der Waals surface area contributed by atoms with Crippen LogP contribution in [0.15, 0.2) is 35.8 Å². The maximum Gasteiger partial charge on any atom is 0.270 e. The Balaban J connectivity index is 1.79. The first-order valence-electron chi connectivity index (χ1n) is 6.10. The Kier molecular flexibility index (Phi) is 3.46. The average Bonchev–Trinajstić information content (AvgIpc) is 2.95. The molecule has 102 valence electrons. The number of benzene rings is 1. The molecule has 0 saturated heterocycles. The summed E-state index contributed by atoms with van der Waals surface area (Å²) in [5.74, 6) is -0.131. The van der Waals surface area contributed by atoms with Crippen LogP contribution in [0, 0.1) is 6.92 Å². The monoisotopic (exact) mass is 305 g/mol. The standard InChI is InChI=1S/C14H12ClN3OS/c1-9-12(18-5-6-20-14(18)17-9)13(19)16-8-10-3-2-4-11(15)7-10/h2-7H,8H2,1H3,(H,16,19). The van der Waals surface area contributed by atoms with Crippen molar-refractivity contribution in [1.82, 2.24) is 14.7 Å². The molecule has 1 amide bonds. The molecule has 6 heteroatoms. The minimum Gasteiger partial charge on any atom is -0.347 e. The number of thiazole rings is 1. The highest BCUT2D eigenvalue weighted by Crippen LogP contribution is 2.17. The number of halogens is 1. The third kappa shape index (κ3) is 2.42. The number of nitrogens with one attached hydrogen (secondary N) is 1. The van der Waals surface area contributed by atoms with Crippen molar-refractivity contribution in [2.75, 3.05) is 0 Å². The first kappa shape index (κ1) is 13.1. The molecule has 0 aliphatic rings. The van der Waals surface area contributed by atoms with Crippen LogP contribution in [0.1, 0.15) is 21.7 Å². The number of carbonyl (C=O) groups excluding carboxylic acids is 1. The van der Waals surface area contributed by atoms with Crippen molar-refractivity contribution >= 4 is 33.8 Å². The number of carbonyl (C=O) groups is 1. The average molecular weight is 306 g/mol. The number of fused-ring (bicyclic) bond motifs is 1. The number of amides is 1. The summed E-state index contributed by atoms with van der Waals surface area (Å²) in [5.41, 5.74) is 2.29. The zero-order valence-electron chi connectivity index (χ0n) is 10.8. The quantitative estimate of drug-likeness (QED) is 0.807. The molecule has 0 unspecified atom stereocenters. The van der Waals surface area contributed by atoms with E-state index in [9.17, 15) is 4.79 Å². The van der Waals surface area contributed by atoms with E-state index in [4.69, 9.17) is 11.6 Å². The molecule has 0 saturated carbocycles. The minimum atomic E-state index is -0.131. The Morgan fingerprint density at radius 2 is 2.35 bits per heavy atom. The van der Waals surface area contributed by atoms with E-state index >= 15 is 0 Å². The van der Waals surface area contributed by atoms with E-state index in [1.807, 2.05) is 47.2 Å². The number of rotatable bonds is 3. The van der Waals surface area contributed by atoms with Crippen LogP contribution in [0.5, 0.6) is 0 Å². The SMILES string of the molecule is Cc1nc2sccn2c1C(=O)NCc1cccc(Cl)c1. The first-order valence-corrected chi connectivity index (χ1v) is 7.35. The van der Waals surface area contributed by atoms with Gasteiger partial charge in [0.25, 0.3) is 5.91 Å². The maximum absolute atomic E-state index is 12.3. The van der Waals surface area contributed by atoms with Crippen molar-refractivity contribution in [2.24, 2.45) is 0 Å². The minimum absolute atomic E-state index is 0.131. The molecule has 0 bridgehead atoms. The Hall–Kier alpha value is -1.85. The summed E-state index contributed by atoms with van der Waals surface area (Å²) in [5, 5.41) is 5.47. The molecule has 1 N–H and O–H groups in total. The fourth-order valence-electron chi connectivity index (χ4n) is 2.08.